The number of aliphatic hydroxyl groups is 1. The summed E-state index contributed by atoms with van der Waals surface area (Å²) in [5, 5.41) is 32.6. The first-order valence-corrected chi connectivity index (χ1v) is 22.1. The summed E-state index contributed by atoms with van der Waals surface area (Å²) >= 11 is 0. The predicted octanol–water partition coefficient (Wildman–Crippen LogP) is 3.76. The molecule has 2 fully saturated rings. The fourth-order valence-electron chi connectivity index (χ4n) is 9.85. The number of benzene rings is 2. The molecule has 16 nitrogen and oxygen atoms in total. The summed E-state index contributed by atoms with van der Waals surface area (Å²) in [7, 11) is 3.32. The van der Waals surface area contributed by atoms with Crippen molar-refractivity contribution in [3.63, 3.8) is 0 Å². The molecule has 4 aromatic rings. The van der Waals surface area contributed by atoms with E-state index in [2.05, 4.69) is 59.9 Å². The van der Waals surface area contributed by atoms with Gasteiger partial charge in [-0.15, -0.1) is 0 Å². The van der Waals surface area contributed by atoms with E-state index >= 15 is 0 Å². The monoisotopic (exact) mass is 878 g/mol. The summed E-state index contributed by atoms with van der Waals surface area (Å²) in [4.78, 5) is 71.1. The quantitative estimate of drug-likeness (QED) is 0.142. The molecule has 4 atom stereocenters. The smallest absolute Gasteiger partial charge is 0.259 e. The minimum atomic E-state index is -1.93. The maximum atomic E-state index is 14.8. The van der Waals surface area contributed by atoms with Crippen molar-refractivity contribution < 1.29 is 38.9 Å². The van der Waals surface area contributed by atoms with Crippen LogP contribution in [0, 0.1) is 11.3 Å². The Kier molecular flexibility index (Phi) is 13.0. The minimum Gasteiger partial charge on any atom is -0.508 e. The summed E-state index contributed by atoms with van der Waals surface area (Å²) in [6.45, 7) is 14.5. The number of β-amino-alcohol motifs (C(OH)–C–C–N with tert-alkyl or cyclic N) is 1. The van der Waals surface area contributed by atoms with E-state index in [9.17, 15) is 34.2 Å². The highest BCUT2D eigenvalue weighted by molar-refractivity contribution is 5.97. The Morgan fingerprint density at radius 2 is 1.86 bits per heavy atom. The molecule has 6 bridgehead atoms. The van der Waals surface area contributed by atoms with E-state index in [1.54, 1.807) is 30.7 Å². The van der Waals surface area contributed by atoms with Crippen LogP contribution in [0.5, 0.6) is 5.75 Å². The highest BCUT2D eigenvalue weighted by atomic mass is 16.5. The predicted molar refractivity (Wildman–Crippen MR) is 241 cm³/mol. The number of carbonyl (C=O) groups excluding carboxylic acids is 5. The fraction of sp³-hybridized carbons (Fsp3) is 0.500. The van der Waals surface area contributed by atoms with E-state index in [1.807, 2.05) is 31.6 Å². The van der Waals surface area contributed by atoms with Gasteiger partial charge in [-0.3, -0.25) is 28.9 Å². The normalized spacial score (nSPS) is 23.1. The topological polar surface area (TPSA) is 192 Å². The maximum absolute atomic E-state index is 14.8. The van der Waals surface area contributed by atoms with Crippen molar-refractivity contribution in [3.8, 4) is 28.1 Å². The number of likely N-dealkylation sites (N-methyl/N-ethyl adjacent to an activating group) is 1. The lowest BCUT2D eigenvalue weighted by Gasteiger charge is -2.42. The van der Waals surface area contributed by atoms with Crippen LogP contribution in [0.1, 0.15) is 65.0 Å². The molecular formula is C48H62N8O8. The Bertz CT molecular complexity index is 2470. The first kappa shape index (κ1) is 46.2. The standard InChI is InChI=1S/C48H62N8O8/c1-9-40(59)54-17-15-48(63,26-54)45(62)53(8)41(30(3)4)43(60)50-38-20-31-18-33(21-35(58)19-31)32-12-13-39-36(22-32)37(42(55(39)10-2)34-24-49-52(7)25-34)23-46(5,6)28-64-29-47(27-57)14-11-16-56(51-47)44(38)61/h9,12-13,18-19,21-22,24-25,27,30,38,41,51,58,63H,1,10-11,14-17,20,23,26,28-29H2,2-8H3,(H,50,60)/t38-,41-,47-,48?/m0/s1. The summed E-state index contributed by atoms with van der Waals surface area (Å²) in [6.07, 6.45) is 7.24. The van der Waals surface area contributed by atoms with Crippen LogP contribution in [0.2, 0.25) is 0 Å². The average molecular weight is 879 g/mol. The molecule has 342 valence electrons. The van der Waals surface area contributed by atoms with E-state index < -0.39 is 58.2 Å². The van der Waals surface area contributed by atoms with Gasteiger partial charge in [0.05, 0.1) is 31.6 Å². The number of hydrogen-bond acceptors (Lipinski definition) is 10. The minimum absolute atomic E-state index is 0.00590. The Labute approximate surface area is 374 Å². The summed E-state index contributed by atoms with van der Waals surface area (Å²) in [5.74, 6) is -2.81. The van der Waals surface area contributed by atoms with Crippen LogP contribution in [-0.2, 0) is 55.1 Å². The number of hydrazine groups is 1. The number of phenols is 1. The van der Waals surface area contributed by atoms with E-state index in [-0.39, 0.29) is 44.8 Å². The van der Waals surface area contributed by atoms with Crippen molar-refractivity contribution in [1.82, 2.24) is 39.9 Å². The zero-order valence-corrected chi connectivity index (χ0v) is 38.0. The number of phenolic OH excluding ortho intramolecular Hbond substituents is 1. The van der Waals surface area contributed by atoms with Crippen molar-refractivity contribution in [2.45, 2.75) is 96.5 Å². The number of likely N-dealkylation sites (tertiary alicyclic amines) is 1. The van der Waals surface area contributed by atoms with Gasteiger partial charge in [-0.2, -0.15) is 5.10 Å². The van der Waals surface area contributed by atoms with Gasteiger partial charge in [0.25, 0.3) is 11.8 Å². The number of hydrogen-bond donors (Lipinski definition) is 4. The molecule has 3 aliphatic heterocycles. The van der Waals surface area contributed by atoms with Crippen molar-refractivity contribution in [3.05, 3.63) is 72.6 Å². The zero-order valence-electron chi connectivity index (χ0n) is 38.0. The number of nitrogens with zero attached hydrogens (tertiary/aromatic N) is 6. The van der Waals surface area contributed by atoms with Gasteiger partial charge in [0.1, 0.15) is 29.7 Å². The number of rotatable bonds is 9. The molecule has 64 heavy (non-hydrogen) atoms. The number of nitrogens with one attached hydrogen (secondary N) is 2. The molecule has 0 aliphatic carbocycles. The number of carbonyl (C=O) groups is 5. The van der Waals surface area contributed by atoms with E-state index in [0.29, 0.717) is 43.5 Å². The summed E-state index contributed by atoms with van der Waals surface area (Å²) in [6, 6.07) is 9.00. The molecule has 0 spiro atoms. The molecule has 2 saturated heterocycles. The third-order valence-corrected chi connectivity index (χ3v) is 13.0. The lowest BCUT2D eigenvalue weighted by Crippen LogP contribution is -2.66. The number of amides is 4. The molecule has 4 amide bonds. The van der Waals surface area contributed by atoms with Crippen LogP contribution in [0.4, 0.5) is 0 Å². The molecule has 7 rings (SSSR count). The molecule has 4 N–H and O–H groups in total. The second kappa shape index (κ2) is 18.0. The number of aromatic hydroxyl groups is 1. The number of fused-ring (bicyclic) bond motifs is 6. The Morgan fingerprint density at radius 3 is 2.53 bits per heavy atom. The van der Waals surface area contributed by atoms with Crippen LogP contribution >= 0.6 is 0 Å². The Balaban J connectivity index is 1.30. The van der Waals surface area contributed by atoms with E-state index in [1.165, 1.54) is 21.9 Å². The number of aromatic nitrogens is 3. The van der Waals surface area contributed by atoms with Crippen LogP contribution < -0.4 is 10.7 Å². The van der Waals surface area contributed by atoms with E-state index in [4.69, 9.17) is 4.74 Å². The SMILES string of the molecule is C=CC(=O)N1CCC(O)(C(=O)N(C)[C@H](C(=O)N[C@H]2Cc3cc(O)cc(c3)-c3ccc4c(c3)c(c(-c3cnn(C)c3)n4CC)CC(C)(C)COC[C@@]3(C=O)CCCN(N3)C2=O)C(C)C)C1. The van der Waals surface area contributed by atoms with Crippen molar-refractivity contribution >= 4 is 40.8 Å². The number of aryl methyl sites for hydroxylation is 2. The lowest BCUT2D eigenvalue weighted by molar-refractivity contribution is -0.156. The first-order chi connectivity index (χ1) is 30.3. The summed E-state index contributed by atoms with van der Waals surface area (Å²) < 4.78 is 10.5. The zero-order chi connectivity index (χ0) is 46.3. The third kappa shape index (κ3) is 9.08. The van der Waals surface area contributed by atoms with Gasteiger partial charge in [-0.05, 0) is 90.1 Å². The average Bonchev–Trinajstić information content (AvgIpc) is 3.96. The molecule has 3 aliphatic rings. The van der Waals surface area contributed by atoms with Crippen LogP contribution in [0.3, 0.4) is 0 Å². The molecule has 2 aromatic carbocycles. The van der Waals surface area contributed by atoms with Gasteiger partial charge in [0, 0.05) is 69.2 Å². The Morgan fingerprint density at radius 1 is 1.09 bits per heavy atom. The highest BCUT2D eigenvalue weighted by Gasteiger charge is 2.48. The molecule has 1 unspecified atom stereocenters. The first-order valence-electron chi connectivity index (χ1n) is 22.1. The van der Waals surface area contributed by atoms with Crippen molar-refractivity contribution in [1.29, 1.82) is 0 Å². The van der Waals surface area contributed by atoms with Crippen LogP contribution in [0.25, 0.3) is 33.3 Å². The van der Waals surface area contributed by atoms with Gasteiger partial charge >= 0.3 is 0 Å². The second-order valence-corrected chi connectivity index (χ2v) is 19.0. The fourth-order valence-corrected chi connectivity index (χ4v) is 9.85. The largest absolute Gasteiger partial charge is 0.508 e. The highest BCUT2D eigenvalue weighted by Crippen LogP contribution is 2.40. The van der Waals surface area contributed by atoms with Gasteiger partial charge in [0.2, 0.25) is 11.8 Å². The molecular weight excluding hydrogens is 817 g/mol. The molecule has 0 saturated carbocycles. The van der Waals surface area contributed by atoms with Gasteiger partial charge in [-0.1, -0.05) is 46.4 Å². The Hall–Kier alpha value is -5.84. The van der Waals surface area contributed by atoms with Gasteiger partial charge in [-0.25, -0.2) is 5.43 Å². The molecule has 16 heteroatoms. The molecule has 2 aromatic heterocycles. The van der Waals surface area contributed by atoms with Gasteiger partial charge in [0.15, 0.2) is 5.60 Å². The lowest BCUT2D eigenvalue weighted by atomic mass is 9.84. The second-order valence-electron chi connectivity index (χ2n) is 19.0. The van der Waals surface area contributed by atoms with Crippen molar-refractivity contribution in [2.24, 2.45) is 18.4 Å². The van der Waals surface area contributed by atoms with E-state index in [0.717, 1.165) is 45.6 Å². The molecule has 5 heterocycles. The van der Waals surface area contributed by atoms with Crippen molar-refractivity contribution in [2.75, 3.05) is 39.9 Å². The number of ether oxygens (including phenoxy) is 1. The van der Waals surface area contributed by atoms with Gasteiger partial charge < -0.3 is 39.4 Å². The number of aldehydes is 1. The summed E-state index contributed by atoms with van der Waals surface area (Å²) in [5.41, 5.74) is 5.90. The van der Waals surface area contributed by atoms with Crippen LogP contribution in [0.15, 0.2) is 61.4 Å². The molecule has 0 radical (unpaired) electrons. The maximum Gasteiger partial charge on any atom is 0.259 e. The third-order valence-electron chi connectivity index (χ3n) is 13.0. The van der Waals surface area contributed by atoms with Crippen LogP contribution in [-0.4, -0.2) is 132 Å².